The van der Waals surface area contributed by atoms with Gasteiger partial charge in [-0.2, -0.15) is 0 Å². The van der Waals surface area contributed by atoms with Gasteiger partial charge in [0.1, 0.15) is 5.02 Å². The Morgan fingerprint density at radius 2 is 2.12 bits per heavy atom. The number of nitro groups is 1. The van der Waals surface area contributed by atoms with Crippen LogP contribution in [0, 0.1) is 10.1 Å². The second kappa shape index (κ2) is 5.00. The average Bonchev–Trinajstić information content (AvgIpc) is 2.20. The number of nitro benzene ring substituents is 1. The maximum absolute atomic E-state index is 10.8. The van der Waals surface area contributed by atoms with Gasteiger partial charge in [-0.15, -0.1) is 0 Å². The van der Waals surface area contributed by atoms with E-state index in [1.54, 1.807) is 6.07 Å². The van der Waals surface area contributed by atoms with Crippen LogP contribution in [0.3, 0.4) is 0 Å². The van der Waals surface area contributed by atoms with Crippen LogP contribution in [0.2, 0.25) is 5.02 Å². The third kappa shape index (κ3) is 3.39. The van der Waals surface area contributed by atoms with Crippen LogP contribution in [0.1, 0.15) is 12.5 Å². The first kappa shape index (κ1) is 13.9. The van der Waals surface area contributed by atoms with E-state index in [1.165, 1.54) is 12.1 Å². The first-order chi connectivity index (χ1) is 7.74. The molecule has 0 aliphatic carbocycles. The lowest BCUT2D eigenvalue weighted by atomic mass is 10.0. The maximum Gasteiger partial charge on any atom is 0.288 e. The van der Waals surface area contributed by atoms with Crippen molar-refractivity contribution in [2.24, 2.45) is 5.73 Å². The highest BCUT2D eigenvalue weighted by atomic mass is 35.5. The lowest BCUT2D eigenvalue weighted by Crippen LogP contribution is -2.51. The third-order valence-corrected chi connectivity index (χ3v) is 3.11. The van der Waals surface area contributed by atoms with E-state index in [0.717, 1.165) is 5.56 Å². The van der Waals surface area contributed by atoms with Crippen molar-refractivity contribution in [3.8, 4) is 0 Å². The molecular weight excluding hydrogens is 242 g/mol. The smallest absolute Gasteiger partial charge is 0.288 e. The van der Waals surface area contributed by atoms with Crippen molar-refractivity contribution < 1.29 is 4.92 Å². The molecule has 0 fully saturated rings. The molecule has 17 heavy (non-hydrogen) atoms. The van der Waals surface area contributed by atoms with E-state index in [1.807, 2.05) is 25.9 Å². The molecule has 1 aromatic rings. The summed E-state index contributed by atoms with van der Waals surface area (Å²) in [5.41, 5.74) is 6.23. The van der Waals surface area contributed by atoms with Crippen LogP contribution in [0.5, 0.6) is 0 Å². The molecule has 0 aromatic heterocycles. The zero-order chi connectivity index (χ0) is 13.2. The summed E-state index contributed by atoms with van der Waals surface area (Å²) >= 11 is 5.74. The lowest BCUT2D eigenvalue weighted by molar-refractivity contribution is -0.384. The number of benzene rings is 1. The molecule has 1 atom stereocenters. The molecular formula is C11H16ClN3O2. The number of likely N-dealkylation sites (N-methyl/N-ethyl adjacent to an activating group) is 1. The van der Waals surface area contributed by atoms with E-state index in [2.05, 4.69) is 0 Å². The van der Waals surface area contributed by atoms with E-state index in [0.29, 0.717) is 6.42 Å². The first-order valence-electron chi connectivity index (χ1n) is 5.13. The van der Waals surface area contributed by atoms with E-state index in [4.69, 9.17) is 17.3 Å². The molecule has 0 saturated heterocycles. The number of nitrogens with zero attached hydrogens (tertiary/aromatic N) is 2. The summed E-state index contributed by atoms with van der Waals surface area (Å²) in [6, 6.07) is 4.75. The Kier molecular flexibility index (Phi) is 4.08. The monoisotopic (exact) mass is 257 g/mol. The van der Waals surface area contributed by atoms with Gasteiger partial charge in [-0.05, 0) is 32.6 Å². The quantitative estimate of drug-likeness (QED) is 0.509. The Bertz CT molecular complexity index is 433. The molecule has 0 amide bonds. The minimum Gasteiger partial charge on any atom is -0.313 e. The van der Waals surface area contributed by atoms with Gasteiger partial charge in [0.25, 0.3) is 5.69 Å². The zero-order valence-corrected chi connectivity index (χ0v) is 10.9. The topological polar surface area (TPSA) is 72.4 Å². The Labute approximate surface area is 105 Å². The Morgan fingerprint density at radius 1 is 1.53 bits per heavy atom. The fraction of sp³-hybridized carbons (Fsp3) is 0.455. The van der Waals surface area contributed by atoms with Crippen LogP contribution >= 0.6 is 11.6 Å². The van der Waals surface area contributed by atoms with E-state index < -0.39 is 10.6 Å². The van der Waals surface area contributed by atoms with E-state index in [-0.39, 0.29) is 10.7 Å². The fourth-order valence-corrected chi connectivity index (χ4v) is 1.57. The van der Waals surface area contributed by atoms with Crippen LogP contribution in [0.25, 0.3) is 0 Å². The van der Waals surface area contributed by atoms with Crippen LogP contribution in [-0.4, -0.2) is 29.6 Å². The molecule has 0 heterocycles. The largest absolute Gasteiger partial charge is 0.313 e. The van der Waals surface area contributed by atoms with Gasteiger partial charge in [-0.25, -0.2) is 0 Å². The highest BCUT2D eigenvalue weighted by molar-refractivity contribution is 6.32. The molecule has 1 aromatic carbocycles. The molecule has 0 spiro atoms. The molecule has 0 saturated carbocycles. The van der Waals surface area contributed by atoms with Crippen molar-refractivity contribution >= 4 is 17.3 Å². The van der Waals surface area contributed by atoms with Gasteiger partial charge in [0.05, 0.1) is 10.6 Å². The zero-order valence-electron chi connectivity index (χ0n) is 10.1. The van der Waals surface area contributed by atoms with Gasteiger partial charge in [-0.3, -0.25) is 15.0 Å². The predicted octanol–water partition coefficient (Wildman–Crippen LogP) is 2.03. The molecule has 0 aliphatic rings. The summed E-state index contributed by atoms with van der Waals surface area (Å²) in [5, 5.41) is 10.9. The molecule has 0 aliphatic heterocycles. The predicted molar refractivity (Wildman–Crippen MR) is 68.1 cm³/mol. The molecule has 6 heteroatoms. The molecule has 0 bridgehead atoms. The second-order valence-electron chi connectivity index (χ2n) is 4.47. The van der Waals surface area contributed by atoms with Crippen LogP contribution in [0.15, 0.2) is 18.2 Å². The summed E-state index contributed by atoms with van der Waals surface area (Å²) in [6.07, 6.45) is 0.512. The number of halogens is 1. The molecule has 94 valence electrons. The minimum atomic E-state index is -0.554. The van der Waals surface area contributed by atoms with Crippen LogP contribution in [0.4, 0.5) is 5.69 Å². The van der Waals surface area contributed by atoms with Crippen molar-refractivity contribution in [3.05, 3.63) is 38.9 Å². The SMILES string of the molecule is CN(C)C(C)(N)Cc1ccc(Cl)c([N+](=O)[O-])c1. The maximum atomic E-state index is 10.8. The van der Waals surface area contributed by atoms with Crippen molar-refractivity contribution in [2.75, 3.05) is 14.1 Å². The van der Waals surface area contributed by atoms with Gasteiger partial charge in [0.2, 0.25) is 0 Å². The summed E-state index contributed by atoms with van der Waals surface area (Å²) in [6.45, 7) is 1.87. The molecule has 5 nitrogen and oxygen atoms in total. The van der Waals surface area contributed by atoms with Crippen molar-refractivity contribution in [3.63, 3.8) is 0 Å². The minimum absolute atomic E-state index is 0.0845. The fourth-order valence-electron chi connectivity index (χ4n) is 1.38. The highest BCUT2D eigenvalue weighted by Crippen LogP contribution is 2.26. The van der Waals surface area contributed by atoms with Crippen LogP contribution in [-0.2, 0) is 6.42 Å². The number of rotatable bonds is 4. The first-order valence-corrected chi connectivity index (χ1v) is 5.51. The van der Waals surface area contributed by atoms with Crippen LogP contribution < -0.4 is 5.73 Å². The third-order valence-electron chi connectivity index (χ3n) is 2.79. The molecule has 2 N–H and O–H groups in total. The summed E-state index contributed by atoms with van der Waals surface area (Å²) < 4.78 is 0. The molecule has 0 radical (unpaired) electrons. The normalized spacial score (nSPS) is 14.7. The average molecular weight is 258 g/mol. The van der Waals surface area contributed by atoms with Gasteiger partial charge in [0.15, 0.2) is 0 Å². The summed E-state index contributed by atoms with van der Waals surface area (Å²) in [7, 11) is 3.73. The van der Waals surface area contributed by atoms with E-state index in [9.17, 15) is 10.1 Å². The second-order valence-corrected chi connectivity index (χ2v) is 4.88. The van der Waals surface area contributed by atoms with Gasteiger partial charge < -0.3 is 5.73 Å². The number of hydrogen-bond acceptors (Lipinski definition) is 4. The standard InChI is InChI=1S/C11H16ClN3O2/c1-11(13,14(2)3)7-8-4-5-9(12)10(6-8)15(16)17/h4-6H,7,13H2,1-3H3. The van der Waals surface area contributed by atoms with Gasteiger partial charge in [-0.1, -0.05) is 17.7 Å². The van der Waals surface area contributed by atoms with Crippen molar-refractivity contribution in [1.29, 1.82) is 0 Å². The highest BCUT2D eigenvalue weighted by Gasteiger charge is 2.23. The van der Waals surface area contributed by atoms with Crippen molar-refractivity contribution in [1.82, 2.24) is 4.90 Å². The van der Waals surface area contributed by atoms with E-state index >= 15 is 0 Å². The Balaban J connectivity index is 3.01. The number of hydrogen-bond donors (Lipinski definition) is 1. The van der Waals surface area contributed by atoms with Gasteiger partial charge in [0, 0.05) is 12.5 Å². The summed E-state index contributed by atoms with van der Waals surface area (Å²) in [4.78, 5) is 12.1. The molecule has 1 rings (SSSR count). The molecule has 1 unspecified atom stereocenters. The Hall–Kier alpha value is -1.17. The van der Waals surface area contributed by atoms with Crippen molar-refractivity contribution in [2.45, 2.75) is 19.0 Å². The van der Waals surface area contributed by atoms with Gasteiger partial charge >= 0.3 is 0 Å². The Morgan fingerprint density at radius 3 is 2.59 bits per heavy atom. The summed E-state index contributed by atoms with van der Waals surface area (Å²) in [5.74, 6) is 0. The lowest BCUT2D eigenvalue weighted by Gasteiger charge is -2.32. The number of nitrogens with two attached hydrogens (primary N) is 1.